The van der Waals surface area contributed by atoms with E-state index >= 15 is 0 Å². The van der Waals surface area contributed by atoms with E-state index in [4.69, 9.17) is 21.1 Å². The molecular weight excluding hydrogens is 459 g/mol. The van der Waals surface area contributed by atoms with Crippen LogP contribution in [0.1, 0.15) is 0 Å². The smallest absolute Gasteiger partial charge is 0.264 e. The first-order chi connectivity index (χ1) is 15.3. The van der Waals surface area contributed by atoms with Crippen molar-refractivity contribution in [2.45, 2.75) is 4.90 Å². The molecule has 3 rings (SSSR count). The molecule has 0 radical (unpaired) electrons. The van der Waals surface area contributed by atoms with Crippen molar-refractivity contribution in [2.75, 3.05) is 30.4 Å². The molecule has 0 aliphatic rings. The summed E-state index contributed by atoms with van der Waals surface area (Å²) in [6.45, 7) is -0.668. The Labute approximate surface area is 190 Å². The fourth-order valence-electron chi connectivity index (χ4n) is 2.90. The van der Waals surface area contributed by atoms with Crippen molar-refractivity contribution in [3.8, 4) is 11.5 Å². The lowest BCUT2D eigenvalue weighted by Gasteiger charge is -2.24. The molecule has 3 aromatic rings. The highest BCUT2D eigenvalue weighted by molar-refractivity contribution is 7.92. The Balaban J connectivity index is 1.93. The van der Waals surface area contributed by atoms with E-state index in [2.05, 4.69) is 5.32 Å². The second-order valence-corrected chi connectivity index (χ2v) is 8.81. The van der Waals surface area contributed by atoms with Gasteiger partial charge in [-0.05, 0) is 54.6 Å². The number of rotatable bonds is 8. The van der Waals surface area contributed by atoms with Gasteiger partial charge in [-0.1, -0.05) is 23.7 Å². The largest absolute Gasteiger partial charge is 0.497 e. The summed E-state index contributed by atoms with van der Waals surface area (Å²) >= 11 is 6.07. The summed E-state index contributed by atoms with van der Waals surface area (Å²) < 4.78 is 52.0. The van der Waals surface area contributed by atoms with Gasteiger partial charge in [-0.15, -0.1) is 0 Å². The second kappa shape index (κ2) is 9.88. The van der Waals surface area contributed by atoms with Gasteiger partial charge in [0.05, 0.1) is 29.8 Å². The Morgan fingerprint density at radius 2 is 1.72 bits per heavy atom. The maximum absolute atomic E-state index is 14.5. The van der Waals surface area contributed by atoms with E-state index in [0.717, 1.165) is 6.07 Å². The topological polar surface area (TPSA) is 84.9 Å². The zero-order valence-corrected chi connectivity index (χ0v) is 18.8. The summed E-state index contributed by atoms with van der Waals surface area (Å²) in [5.41, 5.74) is 0.0716. The normalized spacial score (nSPS) is 11.0. The molecule has 10 heteroatoms. The number of benzene rings is 3. The maximum Gasteiger partial charge on any atom is 0.264 e. The molecule has 0 saturated carbocycles. The fraction of sp³-hybridized carbons (Fsp3) is 0.136. The third-order valence-electron chi connectivity index (χ3n) is 4.49. The number of halogens is 2. The first-order valence-corrected chi connectivity index (χ1v) is 11.1. The number of methoxy groups -OCH3 is 2. The SMILES string of the molecule is COc1ccc(S(=O)(=O)N(CC(=O)Nc2ccc(OC)c(Cl)c2)c2ccccc2F)cc1. The van der Waals surface area contributed by atoms with Gasteiger partial charge in [-0.2, -0.15) is 0 Å². The molecular formula is C22H20ClFN2O5S. The number of carbonyl (C=O) groups is 1. The van der Waals surface area contributed by atoms with Gasteiger partial charge in [0.15, 0.2) is 0 Å². The number of ether oxygens (including phenoxy) is 2. The third kappa shape index (κ3) is 5.12. The standard InChI is InChI=1S/C22H20ClFN2O5S/c1-30-16-8-10-17(11-9-16)32(28,29)26(20-6-4-3-5-19(20)24)14-22(27)25-15-7-12-21(31-2)18(23)13-15/h3-13H,14H2,1-2H3,(H,25,27). The van der Waals surface area contributed by atoms with Crippen LogP contribution in [0.4, 0.5) is 15.8 Å². The summed E-state index contributed by atoms with van der Waals surface area (Å²) in [6.07, 6.45) is 0. The molecule has 1 N–H and O–H groups in total. The number of hydrogen-bond acceptors (Lipinski definition) is 5. The quantitative estimate of drug-likeness (QED) is 0.521. The van der Waals surface area contributed by atoms with E-state index < -0.39 is 28.3 Å². The average molecular weight is 479 g/mol. The van der Waals surface area contributed by atoms with Gasteiger partial charge >= 0.3 is 0 Å². The molecule has 168 valence electrons. The van der Waals surface area contributed by atoms with Crippen LogP contribution in [-0.2, 0) is 14.8 Å². The van der Waals surface area contributed by atoms with Crippen molar-refractivity contribution in [2.24, 2.45) is 0 Å². The molecule has 1 amide bonds. The number of anilines is 2. The van der Waals surface area contributed by atoms with Crippen LogP contribution in [0.3, 0.4) is 0 Å². The monoisotopic (exact) mass is 478 g/mol. The Morgan fingerprint density at radius 3 is 2.31 bits per heavy atom. The average Bonchev–Trinajstić information content (AvgIpc) is 2.78. The summed E-state index contributed by atoms with van der Waals surface area (Å²) in [6, 6.07) is 15.5. The van der Waals surface area contributed by atoms with Gasteiger partial charge in [0.2, 0.25) is 5.91 Å². The lowest BCUT2D eigenvalue weighted by molar-refractivity contribution is -0.114. The number of nitrogens with zero attached hydrogens (tertiary/aromatic N) is 1. The predicted octanol–water partition coefficient (Wildman–Crippen LogP) is 4.33. The van der Waals surface area contributed by atoms with E-state index in [9.17, 15) is 17.6 Å². The second-order valence-electron chi connectivity index (χ2n) is 6.54. The number of amides is 1. The van der Waals surface area contributed by atoms with Gasteiger partial charge in [-0.3, -0.25) is 9.10 Å². The molecule has 0 bridgehead atoms. The summed E-state index contributed by atoms with van der Waals surface area (Å²) in [7, 11) is -1.37. The number of sulfonamides is 1. The van der Waals surface area contributed by atoms with Crippen molar-refractivity contribution in [1.29, 1.82) is 0 Å². The highest BCUT2D eigenvalue weighted by Crippen LogP contribution is 2.29. The summed E-state index contributed by atoms with van der Waals surface area (Å²) in [5.74, 6) is -0.605. The highest BCUT2D eigenvalue weighted by Gasteiger charge is 2.29. The number of hydrogen-bond donors (Lipinski definition) is 1. The van der Waals surface area contributed by atoms with Gasteiger partial charge in [-0.25, -0.2) is 12.8 Å². The zero-order chi connectivity index (χ0) is 23.3. The van der Waals surface area contributed by atoms with Crippen LogP contribution in [0.2, 0.25) is 5.02 Å². The van der Waals surface area contributed by atoms with Crippen LogP contribution in [0.25, 0.3) is 0 Å². The number of nitrogens with one attached hydrogen (secondary N) is 1. The molecule has 0 unspecified atom stereocenters. The van der Waals surface area contributed by atoms with Crippen LogP contribution >= 0.6 is 11.6 Å². The summed E-state index contributed by atoms with van der Waals surface area (Å²) in [4.78, 5) is 12.6. The van der Waals surface area contributed by atoms with Crippen molar-refractivity contribution >= 4 is 38.9 Å². The van der Waals surface area contributed by atoms with Crippen LogP contribution in [0.5, 0.6) is 11.5 Å². The molecule has 0 aromatic heterocycles. The van der Waals surface area contributed by atoms with E-state index in [0.29, 0.717) is 21.5 Å². The van der Waals surface area contributed by atoms with Gasteiger partial charge in [0.1, 0.15) is 23.9 Å². The highest BCUT2D eigenvalue weighted by atomic mass is 35.5. The molecule has 0 atom stereocenters. The zero-order valence-electron chi connectivity index (χ0n) is 17.2. The maximum atomic E-state index is 14.5. The van der Waals surface area contributed by atoms with E-state index in [1.54, 1.807) is 12.1 Å². The molecule has 3 aromatic carbocycles. The van der Waals surface area contributed by atoms with Crippen molar-refractivity contribution in [3.05, 3.63) is 77.6 Å². The van der Waals surface area contributed by atoms with Crippen molar-refractivity contribution in [3.63, 3.8) is 0 Å². The van der Waals surface area contributed by atoms with Crippen LogP contribution in [0, 0.1) is 5.82 Å². The fourth-order valence-corrected chi connectivity index (χ4v) is 4.59. The minimum Gasteiger partial charge on any atom is -0.497 e. The molecule has 32 heavy (non-hydrogen) atoms. The Morgan fingerprint density at radius 1 is 1.03 bits per heavy atom. The Bertz CT molecular complexity index is 1220. The Hall–Kier alpha value is -3.30. The Kier molecular flexibility index (Phi) is 7.22. The first kappa shape index (κ1) is 23.4. The van der Waals surface area contributed by atoms with E-state index in [-0.39, 0.29) is 15.6 Å². The van der Waals surface area contributed by atoms with Crippen molar-refractivity contribution in [1.82, 2.24) is 0 Å². The van der Waals surface area contributed by atoms with Gasteiger partial charge in [0.25, 0.3) is 10.0 Å². The lowest BCUT2D eigenvalue weighted by atomic mass is 10.3. The molecule has 0 aliphatic carbocycles. The van der Waals surface area contributed by atoms with Gasteiger partial charge in [0, 0.05) is 5.69 Å². The third-order valence-corrected chi connectivity index (χ3v) is 6.56. The number of carbonyl (C=O) groups excluding carboxylic acids is 1. The van der Waals surface area contributed by atoms with Crippen LogP contribution in [-0.4, -0.2) is 35.1 Å². The number of para-hydroxylation sites is 1. The molecule has 0 saturated heterocycles. The van der Waals surface area contributed by atoms with Crippen molar-refractivity contribution < 1.29 is 27.1 Å². The molecule has 0 spiro atoms. The molecule has 7 nitrogen and oxygen atoms in total. The van der Waals surface area contributed by atoms with E-state index in [1.807, 2.05) is 0 Å². The summed E-state index contributed by atoms with van der Waals surface area (Å²) in [5, 5.41) is 2.83. The molecule has 0 fully saturated rings. The minimum atomic E-state index is -4.28. The van der Waals surface area contributed by atoms with Crippen LogP contribution < -0.4 is 19.1 Å². The van der Waals surface area contributed by atoms with E-state index in [1.165, 1.54) is 62.8 Å². The minimum absolute atomic E-state index is 0.123. The first-order valence-electron chi connectivity index (χ1n) is 9.31. The lowest BCUT2D eigenvalue weighted by Crippen LogP contribution is -2.38. The van der Waals surface area contributed by atoms with Crippen LogP contribution in [0.15, 0.2) is 71.6 Å². The van der Waals surface area contributed by atoms with Gasteiger partial charge < -0.3 is 14.8 Å². The molecule has 0 heterocycles. The predicted molar refractivity (Wildman–Crippen MR) is 121 cm³/mol. The molecule has 0 aliphatic heterocycles.